The maximum absolute atomic E-state index is 4.32. The van der Waals surface area contributed by atoms with Crippen molar-refractivity contribution in [1.82, 2.24) is 14.5 Å². The van der Waals surface area contributed by atoms with Gasteiger partial charge in [0.2, 0.25) is 0 Å². The molecule has 3 nitrogen and oxygen atoms in total. The predicted octanol–water partition coefficient (Wildman–Crippen LogP) is 3.30. The van der Waals surface area contributed by atoms with Crippen LogP contribution in [0.4, 0.5) is 0 Å². The molecule has 2 aromatic heterocycles. The molecule has 2 heterocycles. The van der Waals surface area contributed by atoms with Crippen molar-refractivity contribution in [3.05, 3.63) is 42.2 Å². The molecule has 0 bridgehead atoms. The zero-order valence-corrected chi connectivity index (χ0v) is 13.4. The van der Waals surface area contributed by atoms with Gasteiger partial charge in [0.15, 0.2) is 0 Å². The monoisotopic (exact) mass is 489 g/mol. The molecule has 15 heavy (non-hydrogen) atoms. The topological polar surface area (TPSA) is 30.7 Å². The van der Waals surface area contributed by atoms with E-state index in [0.29, 0.717) is 0 Å². The number of halogens is 3. The second kappa shape index (κ2) is 5.09. The van der Waals surface area contributed by atoms with Crippen molar-refractivity contribution < 1.29 is 0 Å². The number of imidazole rings is 1. The van der Waals surface area contributed by atoms with E-state index in [1.807, 2.05) is 24.7 Å². The number of nitrogens with zero attached hydrogens (tertiary/aromatic N) is 3. The van der Waals surface area contributed by atoms with E-state index in [2.05, 4.69) is 75.6 Å². The Kier molecular flexibility index (Phi) is 3.99. The highest BCUT2D eigenvalue weighted by atomic mass is 127. The van der Waals surface area contributed by atoms with Gasteiger partial charge in [0, 0.05) is 10.7 Å². The summed E-state index contributed by atoms with van der Waals surface area (Å²) in [5.41, 5.74) is 1.03. The third-order valence-corrected chi connectivity index (χ3v) is 5.27. The Labute approximate surface area is 123 Å². The van der Waals surface area contributed by atoms with Crippen molar-refractivity contribution in [2.75, 3.05) is 0 Å². The normalized spacial score (nSPS) is 10.6. The maximum atomic E-state index is 4.32. The van der Waals surface area contributed by atoms with E-state index in [9.17, 15) is 0 Å². The molecule has 0 saturated carbocycles. The third kappa shape index (κ3) is 2.90. The molecule has 0 unspecified atom stereocenters. The molecular weight excluding hydrogens is 484 g/mol. The molecule has 6 heteroatoms. The Morgan fingerprint density at radius 1 is 1.27 bits per heavy atom. The summed E-state index contributed by atoms with van der Waals surface area (Å²) in [7, 11) is 0. The van der Waals surface area contributed by atoms with Gasteiger partial charge in [-0.25, -0.2) is 4.98 Å². The largest absolute Gasteiger partial charge is 0.319 e. The van der Waals surface area contributed by atoms with Crippen LogP contribution in [0.1, 0.15) is 5.69 Å². The van der Waals surface area contributed by atoms with Crippen LogP contribution < -0.4 is 0 Å². The van der Waals surface area contributed by atoms with Gasteiger partial charge in [-0.1, -0.05) is 0 Å². The fourth-order valence-corrected chi connectivity index (χ4v) is 2.23. The number of pyridine rings is 1. The molecule has 0 amide bonds. The summed E-state index contributed by atoms with van der Waals surface area (Å²) in [5.74, 6) is 0. The highest BCUT2D eigenvalue weighted by Gasteiger charge is 2.05. The van der Waals surface area contributed by atoms with Crippen molar-refractivity contribution in [3.8, 4) is 0 Å². The van der Waals surface area contributed by atoms with Gasteiger partial charge >= 0.3 is 0 Å². The first-order chi connectivity index (χ1) is 7.16. The zero-order valence-electron chi connectivity index (χ0n) is 7.49. The van der Waals surface area contributed by atoms with Gasteiger partial charge in [0.05, 0.1) is 18.6 Å². The Bertz CT molecular complexity index is 467. The Morgan fingerprint density at radius 2 is 2.07 bits per heavy atom. The molecule has 0 aliphatic rings. The molecule has 0 spiro atoms. The molecule has 0 radical (unpaired) electrons. The lowest BCUT2D eigenvalue weighted by molar-refractivity contribution is 0.755. The van der Waals surface area contributed by atoms with E-state index in [-0.39, 0.29) is 0 Å². The standard InChI is InChI=1S/C9H6BrI2N3/c10-6-1-2-7(13-3-6)4-15-5-14-8(11)9(15)12/h1-3,5H,4H2. The van der Waals surface area contributed by atoms with Gasteiger partial charge in [-0.2, -0.15) is 0 Å². The van der Waals surface area contributed by atoms with Crippen LogP contribution in [0.2, 0.25) is 0 Å². The molecule has 0 saturated heterocycles. The quantitative estimate of drug-likeness (QED) is 0.606. The Morgan fingerprint density at radius 3 is 2.60 bits per heavy atom. The van der Waals surface area contributed by atoms with E-state index in [1.165, 1.54) is 0 Å². The fourth-order valence-electron chi connectivity index (χ4n) is 1.13. The number of rotatable bonds is 2. The first-order valence-corrected chi connectivity index (χ1v) is 7.08. The molecular formula is C9H6BrI2N3. The van der Waals surface area contributed by atoms with Crippen LogP contribution in [0.25, 0.3) is 0 Å². The summed E-state index contributed by atoms with van der Waals surface area (Å²) in [6.45, 7) is 0.765. The average Bonchev–Trinajstić information content (AvgIpc) is 2.53. The van der Waals surface area contributed by atoms with Crippen molar-refractivity contribution >= 4 is 61.1 Å². The fraction of sp³-hybridized carbons (Fsp3) is 0.111. The number of hydrogen-bond donors (Lipinski definition) is 0. The molecule has 0 aliphatic heterocycles. The minimum atomic E-state index is 0.765. The van der Waals surface area contributed by atoms with Crippen LogP contribution in [0.3, 0.4) is 0 Å². The van der Waals surface area contributed by atoms with E-state index in [4.69, 9.17) is 0 Å². The van der Waals surface area contributed by atoms with Crippen LogP contribution in [0, 0.1) is 7.40 Å². The van der Waals surface area contributed by atoms with Gasteiger partial charge < -0.3 is 4.57 Å². The molecule has 0 N–H and O–H groups in total. The lowest BCUT2D eigenvalue weighted by atomic mass is 10.3. The van der Waals surface area contributed by atoms with Crippen molar-refractivity contribution in [1.29, 1.82) is 0 Å². The molecule has 2 aromatic rings. The van der Waals surface area contributed by atoms with E-state index < -0.39 is 0 Å². The molecule has 0 fully saturated rings. The summed E-state index contributed by atoms with van der Waals surface area (Å²) < 4.78 is 5.27. The average molecular weight is 490 g/mol. The second-order valence-corrected chi connectivity index (χ2v) is 5.88. The molecule has 78 valence electrons. The lowest BCUT2D eigenvalue weighted by Gasteiger charge is -2.03. The van der Waals surface area contributed by atoms with Crippen molar-refractivity contribution in [2.45, 2.75) is 6.54 Å². The predicted molar refractivity (Wildman–Crippen MR) is 78.7 cm³/mol. The third-order valence-electron chi connectivity index (χ3n) is 1.85. The van der Waals surface area contributed by atoms with Crippen LogP contribution in [-0.2, 0) is 6.54 Å². The molecule has 0 aliphatic carbocycles. The smallest absolute Gasteiger partial charge is 0.132 e. The van der Waals surface area contributed by atoms with Crippen molar-refractivity contribution in [3.63, 3.8) is 0 Å². The summed E-state index contributed by atoms with van der Waals surface area (Å²) in [6.07, 6.45) is 3.65. The molecule has 0 atom stereocenters. The van der Waals surface area contributed by atoms with E-state index in [0.717, 1.165) is 24.1 Å². The number of aromatic nitrogens is 3. The summed E-state index contributed by atoms with van der Waals surface area (Å²) in [6, 6.07) is 4.00. The van der Waals surface area contributed by atoms with Gasteiger partial charge in [-0.05, 0) is 73.2 Å². The van der Waals surface area contributed by atoms with Gasteiger partial charge in [0.25, 0.3) is 0 Å². The molecule has 0 aromatic carbocycles. The van der Waals surface area contributed by atoms with Crippen LogP contribution in [-0.4, -0.2) is 14.5 Å². The van der Waals surface area contributed by atoms with Crippen LogP contribution >= 0.6 is 61.1 Å². The summed E-state index contributed by atoms with van der Waals surface area (Å²) in [4.78, 5) is 8.56. The summed E-state index contributed by atoms with van der Waals surface area (Å²) >= 11 is 7.88. The van der Waals surface area contributed by atoms with Crippen LogP contribution in [0.15, 0.2) is 29.1 Å². The van der Waals surface area contributed by atoms with Gasteiger partial charge in [-0.15, -0.1) is 0 Å². The van der Waals surface area contributed by atoms with E-state index in [1.54, 1.807) is 0 Å². The Balaban J connectivity index is 2.22. The van der Waals surface area contributed by atoms with E-state index >= 15 is 0 Å². The SMILES string of the molecule is Brc1ccc(Cn2cnc(I)c2I)nc1. The minimum Gasteiger partial charge on any atom is -0.319 e. The van der Waals surface area contributed by atoms with Crippen LogP contribution in [0.5, 0.6) is 0 Å². The first kappa shape index (κ1) is 11.8. The first-order valence-electron chi connectivity index (χ1n) is 4.13. The van der Waals surface area contributed by atoms with Gasteiger partial charge in [-0.3, -0.25) is 4.98 Å². The lowest BCUT2D eigenvalue weighted by Crippen LogP contribution is -2.02. The highest BCUT2D eigenvalue weighted by Crippen LogP contribution is 2.15. The number of hydrogen-bond acceptors (Lipinski definition) is 2. The molecule has 2 rings (SSSR count). The highest BCUT2D eigenvalue weighted by molar-refractivity contribution is 14.1. The summed E-state index contributed by atoms with van der Waals surface area (Å²) in [5, 5.41) is 0. The second-order valence-electron chi connectivity index (χ2n) is 2.92. The Hall–Kier alpha value is 0.300. The maximum Gasteiger partial charge on any atom is 0.132 e. The zero-order chi connectivity index (χ0) is 10.8. The van der Waals surface area contributed by atoms with Crippen molar-refractivity contribution in [2.24, 2.45) is 0 Å². The minimum absolute atomic E-state index is 0.765. The van der Waals surface area contributed by atoms with Gasteiger partial charge in [0.1, 0.15) is 7.40 Å².